The van der Waals surface area contributed by atoms with Gasteiger partial charge in [0.1, 0.15) is 5.76 Å². The lowest BCUT2D eigenvalue weighted by Crippen LogP contribution is -2.41. The number of rotatable bonds is 7. The van der Waals surface area contributed by atoms with Crippen LogP contribution in [0.1, 0.15) is 36.0 Å². The number of amides is 1. The minimum Gasteiger partial charge on any atom is -0.493 e. The first kappa shape index (κ1) is 21.2. The number of benzene rings is 2. The molecule has 1 aliphatic heterocycles. The highest BCUT2D eigenvalue weighted by molar-refractivity contribution is 6.30. The molecule has 0 bridgehead atoms. The van der Waals surface area contributed by atoms with Crippen LogP contribution in [0.5, 0.6) is 11.5 Å². The van der Waals surface area contributed by atoms with Gasteiger partial charge in [-0.3, -0.25) is 4.79 Å². The Hall–Kier alpha value is -2.99. The van der Waals surface area contributed by atoms with Crippen molar-refractivity contribution in [3.8, 4) is 11.5 Å². The smallest absolute Gasteiger partial charge is 0.260 e. The molecule has 0 spiro atoms. The van der Waals surface area contributed by atoms with Gasteiger partial charge in [-0.25, -0.2) is 4.98 Å². The molecule has 1 atom stereocenters. The van der Waals surface area contributed by atoms with E-state index >= 15 is 0 Å². The number of ether oxygens (including phenoxy) is 2. The normalized spacial score (nSPS) is 16.2. The summed E-state index contributed by atoms with van der Waals surface area (Å²) in [6.45, 7) is 1.25. The summed E-state index contributed by atoms with van der Waals surface area (Å²) in [5.74, 6) is 2.67. The maximum Gasteiger partial charge on any atom is 0.260 e. The minimum absolute atomic E-state index is 0.0291. The molecule has 1 fully saturated rings. The van der Waals surface area contributed by atoms with Crippen LogP contribution >= 0.6 is 11.6 Å². The molecule has 0 N–H and O–H groups in total. The highest BCUT2D eigenvalue weighted by atomic mass is 35.5. The van der Waals surface area contributed by atoms with Crippen LogP contribution in [-0.4, -0.2) is 42.6 Å². The highest BCUT2D eigenvalue weighted by Gasteiger charge is 2.28. The third kappa shape index (κ3) is 5.39. The number of hydrogen-bond acceptors (Lipinski definition) is 5. The van der Waals surface area contributed by atoms with E-state index in [1.54, 1.807) is 25.4 Å². The molecule has 7 heteroatoms. The van der Waals surface area contributed by atoms with Crippen LogP contribution in [-0.2, 0) is 11.2 Å². The Morgan fingerprint density at radius 1 is 1.23 bits per heavy atom. The largest absolute Gasteiger partial charge is 0.493 e. The third-order valence-corrected chi connectivity index (χ3v) is 5.62. The number of carbonyl (C=O) groups excluding carboxylic acids is 1. The van der Waals surface area contributed by atoms with Gasteiger partial charge < -0.3 is 18.8 Å². The average Bonchev–Trinajstić information content (AvgIpc) is 3.26. The Bertz CT molecular complexity index is 1040. The zero-order valence-electron chi connectivity index (χ0n) is 17.4. The van der Waals surface area contributed by atoms with Crippen LogP contribution in [0.25, 0.3) is 0 Å². The highest BCUT2D eigenvalue weighted by Crippen LogP contribution is 2.29. The predicted octanol–water partition coefficient (Wildman–Crippen LogP) is 4.71. The molecule has 1 amide bonds. The summed E-state index contributed by atoms with van der Waals surface area (Å²) >= 11 is 6.06. The van der Waals surface area contributed by atoms with E-state index in [1.807, 2.05) is 41.3 Å². The molecular weight excluding hydrogens is 416 g/mol. The van der Waals surface area contributed by atoms with Gasteiger partial charge in [0.05, 0.1) is 19.2 Å². The lowest BCUT2D eigenvalue weighted by molar-refractivity contribution is -0.134. The molecule has 1 aromatic heterocycles. The van der Waals surface area contributed by atoms with Crippen molar-refractivity contribution >= 4 is 17.5 Å². The summed E-state index contributed by atoms with van der Waals surface area (Å²) in [6, 6.07) is 15.0. The maximum absolute atomic E-state index is 12.7. The van der Waals surface area contributed by atoms with E-state index in [0.29, 0.717) is 41.9 Å². The Morgan fingerprint density at radius 3 is 2.87 bits per heavy atom. The van der Waals surface area contributed by atoms with Crippen LogP contribution in [0.15, 0.2) is 59.1 Å². The number of halogens is 1. The number of methoxy groups -OCH3 is 1. The quantitative estimate of drug-likeness (QED) is 0.532. The molecule has 0 radical (unpaired) electrons. The number of hydrogen-bond donors (Lipinski definition) is 0. The summed E-state index contributed by atoms with van der Waals surface area (Å²) in [5, 5.41) is 0.703. The second kappa shape index (κ2) is 9.88. The lowest BCUT2D eigenvalue weighted by atomic mass is 9.98. The van der Waals surface area contributed by atoms with Crippen molar-refractivity contribution in [3.63, 3.8) is 0 Å². The van der Waals surface area contributed by atoms with Crippen LogP contribution in [0.3, 0.4) is 0 Å². The zero-order chi connectivity index (χ0) is 21.6. The van der Waals surface area contributed by atoms with Gasteiger partial charge in [-0.1, -0.05) is 35.9 Å². The standard InChI is InChI=1S/C24H25ClN2O4/c1-29-21-9-2-3-10-22(21)30-16-23(28)27-11-5-7-18(15-27)24-26-14-20(31-24)13-17-6-4-8-19(25)12-17/h2-4,6,8-10,12,14,18H,5,7,11,13,15-16H2,1H3/t18-/m0/s1. The Labute approximate surface area is 186 Å². The summed E-state index contributed by atoms with van der Waals surface area (Å²) in [6.07, 6.45) is 4.24. The number of likely N-dealkylation sites (tertiary alicyclic amines) is 1. The van der Waals surface area contributed by atoms with Gasteiger partial charge in [-0.05, 0) is 42.7 Å². The molecule has 1 aliphatic rings. The molecule has 1 saturated heterocycles. The molecule has 2 aromatic carbocycles. The fourth-order valence-corrected chi connectivity index (χ4v) is 4.03. The van der Waals surface area contributed by atoms with E-state index in [1.165, 1.54) is 0 Å². The van der Waals surface area contributed by atoms with E-state index in [0.717, 1.165) is 24.2 Å². The van der Waals surface area contributed by atoms with Crippen LogP contribution in [0, 0.1) is 0 Å². The number of aromatic nitrogens is 1. The molecule has 3 aromatic rings. The number of carbonyl (C=O) groups is 1. The van der Waals surface area contributed by atoms with E-state index in [9.17, 15) is 4.79 Å². The summed E-state index contributed by atoms with van der Waals surface area (Å²) in [5.41, 5.74) is 1.07. The summed E-state index contributed by atoms with van der Waals surface area (Å²) < 4.78 is 17.0. The molecule has 0 saturated carbocycles. The third-order valence-electron chi connectivity index (χ3n) is 5.38. The van der Waals surface area contributed by atoms with Crippen LogP contribution < -0.4 is 9.47 Å². The Kier molecular flexibility index (Phi) is 6.77. The molecule has 4 rings (SSSR count). The predicted molar refractivity (Wildman–Crippen MR) is 118 cm³/mol. The zero-order valence-corrected chi connectivity index (χ0v) is 18.2. The van der Waals surface area contributed by atoms with E-state index in [4.69, 9.17) is 25.5 Å². The number of piperidine rings is 1. The first-order valence-corrected chi connectivity index (χ1v) is 10.7. The van der Waals surface area contributed by atoms with Gasteiger partial charge in [0, 0.05) is 24.5 Å². The fraction of sp³-hybridized carbons (Fsp3) is 0.333. The number of oxazole rings is 1. The van der Waals surface area contributed by atoms with Gasteiger partial charge in [-0.2, -0.15) is 0 Å². The second-order valence-electron chi connectivity index (χ2n) is 7.59. The van der Waals surface area contributed by atoms with Crippen molar-refractivity contribution in [2.45, 2.75) is 25.2 Å². The topological polar surface area (TPSA) is 64.8 Å². The number of nitrogens with zero attached hydrogens (tertiary/aromatic N) is 2. The SMILES string of the molecule is COc1ccccc1OCC(=O)N1CCC[C@H](c2ncc(Cc3cccc(Cl)c3)o2)C1. The van der Waals surface area contributed by atoms with Crippen molar-refractivity contribution < 1.29 is 18.7 Å². The van der Waals surface area contributed by atoms with Gasteiger partial charge >= 0.3 is 0 Å². The van der Waals surface area contributed by atoms with Crippen LogP contribution in [0.4, 0.5) is 0 Å². The van der Waals surface area contributed by atoms with Gasteiger partial charge in [0.25, 0.3) is 5.91 Å². The molecule has 162 valence electrons. The molecule has 0 unspecified atom stereocenters. The maximum atomic E-state index is 12.7. The molecule has 31 heavy (non-hydrogen) atoms. The summed E-state index contributed by atoms with van der Waals surface area (Å²) in [7, 11) is 1.58. The lowest BCUT2D eigenvalue weighted by Gasteiger charge is -2.31. The average molecular weight is 441 g/mol. The van der Waals surface area contributed by atoms with Gasteiger partial charge in [-0.15, -0.1) is 0 Å². The van der Waals surface area contributed by atoms with E-state index in [-0.39, 0.29) is 18.4 Å². The van der Waals surface area contributed by atoms with Crippen molar-refractivity contribution in [2.24, 2.45) is 0 Å². The van der Waals surface area contributed by atoms with Crippen molar-refractivity contribution in [3.05, 3.63) is 77.0 Å². The first-order valence-electron chi connectivity index (χ1n) is 10.3. The molecule has 6 nitrogen and oxygen atoms in total. The van der Waals surface area contributed by atoms with Crippen LogP contribution in [0.2, 0.25) is 5.02 Å². The van der Waals surface area contributed by atoms with Crippen molar-refractivity contribution in [1.82, 2.24) is 9.88 Å². The number of para-hydroxylation sites is 2. The van der Waals surface area contributed by atoms with E-state index in [2.05, 4.69) is 4.98 Å². The molecular formula is C24H25ClN2O4. The van der Waals surface area contributed by atoms with Crippen molar-refractivity contribution in [2.75, 3.05) is 26.8 Å². The van der Waals surface area contributed by atoms with Gasteiger partial charge in [0.2, 0.25) is 0 Å². The van der Waals surface area contributed by atoms with Gasteiger partial charge in [0.15, 0.2) is 24.0 Å². The van der Waals surface area contributed by atoms with Crippen molar-refractivity contribution in [1.29, 1.82) is 0 Å². The summed E-state index contributed by atoms with van der Waals surface area (Å²) in [4.78, 5) is 19.0. The Balaban J connectivity index is 1.35. The molecule has 2 heterocycles. The van der Waals surface area contributed by atoms with E-state index < -0.39 is 0 Å². The molecule has 0 aliphatic carbocycles. The monoisotopic (exact) mass is 440 g/mol. The second-order valence-corrected chi connectivity index (χ2v) is 8.03. The first-order chi connectivity index (χ1) is 15.1. The minimum atomic E-state index is -0.0543. The fourth-order valence-electron chi connectivity index (χ4n) is 3.82. The Morgan fingerprint density at radius 2 is 2.06 bits per heavy atom.